The number of carbonyl (C=O) groups is 1. The van der Waals surface area contributed by atoms with Crippen molar-refractivity contribution in [3.05, 3.63) is 29.3 Å². The van der Waals surface area contributed by atoms with Gasteiger partial charge in [-0.15, -0.1) is 12.4 Å². The molecule has 3 nitrogen and oxygen atoms in total. The first-order valence-electron chi connectivity index (χ1n) is 5.92. The minimum Gasteiger partial charge on any atom is -0.384 e. The first kappa shape index (κ1) is 12.2. The number of carbonyl (C=O) groups excluding carboxylic acids is 1. The summed E-state index contributed by atoms with van der Waals surface area (Å²) < 4.78 is 0. The maximum atomic E-state index is 11.9. The van der Waals surface area contributed by atoms with Crippen LogP contribution < -0.4 is 10.6 Å². The normalized spacial score (nSPS) is 24.3. The molecule has 0 aromatic heterocycles. The lowest BCUT2D eigenvalue weighted by Gasteiger charge is -2.06. The molecule has 0 spiro atoms. The average Bonchev–Trinajstić information content (AvgIpc) is 2.81. The molecule has 2 unspecified atom stereocenters. The van der Waals surface area contributed by atoms with Crippen LogP contribution in [-0.4, -0.2) is 18.5 Å². The number of hydrogen-bond acceptors (Lipinski definition) is 2. The lowest BCUT2D eigenvalue weighted by molar-refractivity contribution is 0.0949. The van der Waals surface area contributed by atoms with Gasteiger partial charge in [-0.25, -0.2) is 0 Å². The summed E-state index contributed by atoms with van der Waals surface area (Å²) in [7, 11) is 0. The van der Waals surface area contributed by atoms with Gasteiger partial charge in [-0.3, -0.25) is 4.79 Å². The third-order valence-corrected chi connectivity index (χ3v) is 3.50. The third kappa shape index (κ3) is 2.39. The molecule has 0 saturated heterocycles. The molecule has 0 bridgehead atoms. The molecule has 1 aromatic rings. The highest BCUT2D eigenvalue weighted by atomic mass is 35.5. The Labute approximate surface area is 107 Å². The molecule has 1 heterocycles. The largest absolute Gasteiger partial charge is 0.384 e. The van der Waals surface area contributed by atoms with E-state index in [0.717, 1.165) is 24.9 Å². The van der Waals surface area contributed by atoms with Crippen LogP contribution in [0, 0.1) is 5.92 Å². The van der Waals surface area contributed by atoms with Gasteiger partial charge in [0.25, 0.3) is 5.91 Å². The molecular weight excluding hydrogens is 236 g/mol. The van der Waals surface area contributed by atoms with E-state index in [1.54, 1.807) is 0 Å². The molecule has 17 heavy (non-hydrogen) atoms. The highest BCUT2D eigenvalue weighted by Gasteiger charge is 2.34. The zero-order chi connectivity index (χ0) is 11.1. The van der Waals surface area contributed by atoms with Gasteiger partial charge in [0.15, 0.2) is 0 Å². The van der Waals surface area contributed by atoms with Gasteiger partial charge in [0.05, 0.1) is 0 Å². The van der Waals surface area contributed by atoms with Crippen LogP contribution in [0.1, 0.15) is 29.3 Å². The average molecular weight is 253 g/mol. The minimum atomic E-state index is 0. The van der Waals surface area contributed by atoms with Crippen LogP contribution in [0.5, 0.6) is 0 Å². The maximum Gasteiger partial charge on any atom is 0.251 e. The number of fused-ring (bicyclic) bond motifs is 1. The Morgan fingerprint density at radius 1 is 1.47 bits per heavy atom. The highest BCUT2D eigenvalue weighted by Crippen LogP contribution is 2.29. The predicted molar refractivity (Wildman–Crippen MR) is 70.9 cm³/mol. The van der Waals surface area contributed by atoms with Crippen molar-refractivity contribution in [3.8, 4) is 0 Å². The Morgan fingerprint density at radius 3 is 2.94 bits per heavy atom. The summed E-state index contributed by atoms with van der Waals surface area (Å²) in [4.78, 5) is 11.9. The van der Waals surface area contributed by atoms with E-state index in [0.29, 0.717) is 12.0 Å². The second kappa shape index (κ2) is 4.57. The summed E-state index contributed by atoms with van der Waals surface area (Å²) in [6.07, 6.45) is 2.15. The highest BCUT2D eigenvalue weighted by molar-refractivity contribution is 5.95. The molecule has 3 rings (SSSR count). The monoisotopic (exact) mass is 252 g/mol. The van der Waals surface area contributed by atoms with Gasteiger partial charge in [0.2, 0.25) is 0 Å². The van der Waals surface area contributed by atoms with Crippen molar-refractivity contribution in [2.45, 2.75) is 25.8 Å². The summed E-state index contributed by atoms with van der Waals surface area (Å²) in [5.41, 5.74) is 3.23. The van der Waals surface area contributed by atoms with Crippen LogP contribution in [0.4, 0.5) is 5.69 Å². The molecule has 1 aliphatic heterocycles. The molecule has 1 saturated carbocycles. The van der Waals surface area contributed by atoms with Crippen molar-refractivity contribution in [1.82, 2.24) is 5.32 Å². The summed E-state index contributed by atoms with van der Waals surface area (Å²) in [5.74, 6) is 0.726. The van der Waals surface area contributed by atoms with E-state index in [9.17, 15) is 4.79 Å². The van der Waals surface area contributed by atoms with Crippen LogP contribution in [0.15, 0.2) is 18.2 Å². The third-order valence-electron chi connectivity index (χ3n) is 3.50. The van der Waals surface area contributed by atoms with E-state index in [1.165, 1.54) is 11.3 Å². The minimum absolute atomic E-state index is 0. The summed E-state index contributed by atoms with van der Waals surface area (Å²) in [5, 5.41) is 6.35. The summed E-state index contributed by atoms with van der Waals surface area (Å²) >= 11 is 0. The van der Waals surface area contributed by atoms with Crippen molar-refractivity contribution in [2.24, 2.45) is 5.92 Å². The molecule has 1 fully saturated rings. The predicted octanol–water partition coefficient (Wildman–Crippen LogP) is 2.21. The Kier molecular flexibility index (Phi) is 3.29. The van der Waals surface area contributed by atoms with E-state index in [4.69, 9.17) is 0 Å². The van der Waals surface area contributed by atoms with Crippen LogP contribution in [-0.2, 0) is 6.42 Å². The zero-order valence-corrected chi connectivity index (χ0v) is 10.6. The molecule has 4 heteroatoms. The van der Waals surface area contributed by atoms with Gasteiger partial charge >= 0.3 is 0 Å². The molecule has 1 amide bonds. The fourth-order valence-electron chi connectivity index (χ4n) is 2.22. The first-order chi connectivity index (χ1) is 7.74. The molecule has 0 radical (unpaired) electrons. The molecule has 2 atom stereocenters. The standard InChI is InChI=1S/C13H16N2O.ClH/c1-8-6-12(8)15-13(16)10-2-3-11-9(7-10)4-5-14-11;/h2-3,7-8,12,14H,4-6H2,1H3,(H,15,16);1H. The second-order valence-electron chi connectivity index (χ2n) is 4.84. The fourth-order valence-corrected chi connectivity index (χ4v) is 2.22. The Hall–Kier alpha value is -1.22. The molecule has 1 aliphatic carbocycles. The lowest BCUT2D eigenvalue weighted by Crippen LogP contribution is -2.26. The molecule has 92 valence electrons. The van der Waals surface area contributed by atoms with E-state index < -0.39 is 0 Å². The molecule has 1 aromatic carbocycles. The fraction of sp³-hybridized carbons (Fsp3) is 0.462. The second-order valence-corrected chi connectivity index (χ2v) is 4.84. The van der Waals surface area contributed by atoms with E-state index >= 15 is 0 Å². The van der Waals surface area contributed by atoms with Gasteiger partial charge in [-0.05, 0) is 42.5 Å². The molecule has 2 aliphatic rings. The van der Waals surface area contributed by atoms with Gasteiger partial charge in [-0.2, -0.15) is 0 Å². The van der Waals surface area contributed by atoms with Gasteiger partial charge in [0, 0.05) is 23.8 Å². The van der Waals surface area contributed by atoms with E-state index in [1.807, 2.05) is 18.2 Å². The molecular formula is C13H17ClN2O. The van der Waals surface area contributed by atoms with Crippen molar-refractivity contribution in [2.75, 3.05) is 11.9 Å². The van der Waals surface area contributed by atoms with Gasteiger partial charge in [-0.1, -0.05) is 6.92 Å². The number of benzene rings is 1. The molecule has 2 N–H and O–H groups in total. The Balaban J connectivity index is 0.00000108. The van der Waals surface area contributed by atoms with Crippen molar-refractivity contribution < 1.29 is 4.79 Å². The van der Waals surface area contributed by atoms with Crippen LogP contribution in [0.2, 0.25) is 0 Å². The zero-order valence-electron chi connectivity index (χ0n) is 9.82. The summed E-state index contributed by atoms with van der Waals surface area (Å²) in [6, 6.07) is 6.32. The van der Waals surface area contributed by atoms with Crippen LogP contribution in [0.3, 0.4) is 0 Å². The number of amides is 1. The number of halogens is 1. The van der Waals surface area contributed by atoms with E-state index in [-0.39, 0.29) is 18.3 Å². The number of hydrogen-bond donors (Lipinski definition) is 2. The maximum absolute atomic E-state index is 11.9. The van der Waals surface area contributed by atoms with Crippen LogP contribution >= 0.6 is 12.4 Å². The Morgan fingerprint density at radius 2 is 2.24 bits per heavy atom. The smallest absolute Gasteiger partial charge is 0.251 e. The lowest BCUT2D eigenvalue weighted by atomic mass is 10.1. The van der Waals surface area contributed by atoms with Crippen molar-refractivity contribution in [3.63, 3.8) is 0 Å². The first-order valence-corrected chi connectivity index (χ1v) is 5.92. The SMILES string of the molecule is CC1CC1NC(=O)c1ccc2c(c1)CCN2.Cl. The number of nitrogens with one attached hydrogen (secondary N) is 2. The quantitative estimate of drug-likeness (QED) is 0.848. The van der Waals surface area contributed by atoms with Crippen molar-refractivity contribution in [1.29, 1.82) is 0 Å². The van der Waals surface area contributed by atoms with Crippen molar-refractivity contribution >= 4 is 24.0 Å². The van der Waals surface area contributed by atoms with Gasteiger partial charge < -0.3 is 10.6 Å². The number of rotatable bonds is 2. The number of anilines is 1. The topological polar surface area (TPSA) is 41.1 Å². The summed E-state index contributed by atoms with van der Waals surface area (Å²) in [6.45, 7) is 3.15. The van der Waals surface area contributed by atoms with E-state index in [2.05, 4.69) is 17.6 Å². The Bertz CT molecular complexity index is 447. The van der Waals surface area contributed by atoms with Gasteiger partial charge in [0.1, 0.15) is 0 Å². The van der Waals surface area contributed by atoms with Crippen LogP contribution in [0.25, 0.3) is 0 Å².